The highest BCUT2D eigenvalue weighted by Crippen LogP contribution is 2.29. The molecule has 1 atom stereocenters. The topological polar surface area (TPSA) is 82.4 Å². The molecule has 6 nitrogen and oxygen atoms in total. The minimum absolute atomic E-state index is 0.0953. The monoisotopic (exact) mass is 421 g/mol. The first-order valence-electron chi connectivity index (χ1n) is 8.95. The molecule has 150 valence electrons. The van der Waals surface area contributed by atoms with Crippen molar-refractivity contribution >= 4 is 33.4 Å². The molecule has 1 aromatic heterocycles. The molecule has 1 fully saturated rings. The average molecular weight is 422 g/mol. The molecule has 2 heterocycles. The van der Waals surface area contributed by atoms with Crippen LogP contribution >= 0.6 is 11.8 Å². The van der Waals surface area contributed by atoms with Crippen molar-refractivity contribution in [3.63, 3.8) is 0 Å². The summed E-state index contributed by atoms with van der Waals surface area (Å²) in [5.74, 6) is -0.575. The van der Waals surface area contributed by atoms with E-state index >= 15 is 0 Å². The number of aryl methyl sites for hydroxylation is 1. The molecule has 1 aliphatic heterocycles. The number of ketones is 1. The minimum atomic E-state index is -3.02. The lowest BCUT2D eigenvalue weighted by atomic mass is 10.1. The Hall–Kier alpha value is -2.06. The van der Waals surface area contributed by atoms with Crippen molar-refractivity contribution in [3.8, 4) is 0 Å². The van der Waals surface area contributed by atoms with E-state index in [1.54, 1.807) is 36.9 Å². The third-order valence-electron chi connectivity index (χ3n) is 5.02. The van der Waals surface area contributed by atoms with E-state index in [-0.39, 0.29) is 29.9 Å². The molecule has 1 saturated heterocycles. The van der Waals surface area contributed by atoms with Crippen LogP contribution in [0.5, 0.6) is 0 Å². The van der Waals surface area contributed by atoms with Crippen molar-refractivity contribution in [3.05, 3.63) is 52.8 Å². The van der Waals surface area contributed by atoms with Gasteiger partial charge in [0.15, 0.2) is 16.4 Å². The Bertz CT molecular complexity index is 1010. The number of ether oxygens (including phenoxy) is 1. The summed E-state index contributed by atoms with van der Waals surface area (Å²) in [4.78, 5) is 25.8. The summed E-state index contributed by atoms with van der Waals surface area (Å²) in [6.07, 6.45) is 2.50. The van der Waals surface area contributed by atoms with Crippen molar-refractivity contribution < 1.29 is 22.7 Å². The highest BCUT2D eigenvalue weighted by atomic mass is 32.2. The third-order valence-corrected chi connectivity index (χ3v) is 7.51. The quantitative estimate of drug-likeness (QED) is 0.405. The Kier molecular flexibility index (Phi) is 6.00. The van der Waals surface area contributed by atoms with Crippen molar-refractivity contribution in [1.29, 1.82) is 0 Å². The maximum Gasteiger partial charge on any atom is 0.338 e. The van der Waals surface area contributed by atoms with Gasteiger partial charge in [-0.1, -0.05) is 0 Å². The number of esters is 1. The van der Waals surface area contributed by atoms with Gasteiger partial charge in [0.2, 0.25) is 5.78 Å². The lowest BCUT2D eigenvalue weighted by molar-refractivity contribution is 0.0474. The van der Waals surface area contributed by atoms with E-state index in [1.165, 1.54) is 0 Å². The van der Waals surface area contributed by atoms with Crippen LogP contribution in [-0.4, -0.2) is 49.1 Å². The van der Waals surface area contributed by atoms with Crippen LogP contribution < -0.4 is 0 Å². The molecule has 0 saturated carbocycles. The summed E-state index contributed by atoms with van der Waals surface area (Å²) in [5, 5.41) is 0. The van der Waals surface area contributed by atoms with Gasteiger partial charge >= 0.3 is 5.97 Å². The summed E-state index contributed by atoms with van der Waals surface area (Å²) in [7, 11) is -3.02. The zero-order valence-corrected chi connectivity index (χ0v) is 17.7. The van der Waals surface area contributed by atoms with Crippen molar-refractivity contribution in [2.45, 2.75) is 31.2 Å². The number of carbonyl (C=O) groups excluding carboxylic acids is 2. The van der Waals surface area contributed by atoms with Gasteiger partial charge in [0, 0.05) is 27.9 Å². The number of rotatable bonds is 6. The molecule has 0 bridgehead atoms. The van der Waals surface area contributed by atoms with Crippen molar-refractivity contribution in [1.82, 2.24) is 4.57 Å². The lowest BCUT2D eigenvalue weighted by Gasteiger charge is -2.16. The van der Waals surface area contributed by atoms with Crippen LogP contribution in [0.2, 0.25) is 0 Å². The number of benzene rings is 1. The fourth-order valence-electron chi connectivity index (χ4n) is 3.62. The van der Waals surface area contributed by atoms with E-state index in [4.69, 9.17) is 4.74 Å². The first-order valence-corrected chi connectivity index (χ1v) is 12.0. The minimum Gasteiger partial charge on any atom is -0.454 e. The number of sulfone groups is 1. The molecule has 0 amide bonds. The largest absolute Gasteiger partial charge is 0.454 e. The van der Waals surface area contributed by atoms with Gasteiger partial charge in [-0.3, -0.25) is 4.79 Å². The Balaban J connectivity index is 1.69. The Morgan fingerprint density at radius 1 is 1.21 bits per heavy atom. The van der Waals surface area contributed by atoms with Crippen LogP contribution in [0, 0.1) is 13.8 Å². The van der Waals surface area contributed by atoms with Gasteiger partial charge in [0.05, 0.1) is 17.1 Å². The lowest BCUT2D eigenvalue weighted by Crippen LogP contribution is -2.17. The summed E-state index contributed by atoms with van der Waals surface area (Å²) < 4.78 is 30.7. The number of aromatic nitrogens is 1. The number of carbonyl (C=O) groups is 2. The van der Waals surface area contributed by atoms with Gasteiger partial charge in [-0.2, -0.15) is 0 Å². The molecule has 0 radical (unpaired) electrons. The summed E-state index contributed by atoms with van der Waals surface area (Å²) >= 11 is 1.57. The highest BCUT2D eigenvalue weighted by Gasteiger charge is 2.31. The first kappa shape index (κ1) is 20.7. The zero-order chi connectivity index (χ0) is 20.5. The second-order valence-electron chi connectivity index (χ2n) is 6.94. The smallest absolute Gasteiger partial charge is 0.338 e. The van der Waals surface area contributed by atoms with Crippen LogP contribution in [0.3, 0.4) is 0 Å². The third kappa shape index (κ3) is 4.33. The van der Waals surface area contributed by atoms with Crippen LogP contribution in [0.1, 0.15) is 44.6 Å². The molecule has 0 spiro atoms. The second-order valence-corrected chi connectivity index (χ2v) is 10.0. The Morgan fingerprint density at radius 3 is 2.46 bits per heavy atom. The fraction of sp³-hybridized carbons (Fsp3) is 0.400. The SMILES string of the molecule is CSc1ccc(C(=O)OCC(=O)c2cc(C)n([C@H]3CCS(=O)(=O)C3)c2C)cc1. The summed E-state index contributed by atoms with van der Waals surface area (Å²) in [5.41, 5.74) is 2.41. The number of hydrogen-bond acceptors (Lipinski definition) is 6. The van der Waals surface area contributed by atoms with E-state index in [0.29, 0.717) is 23.2 Å². The molecule has 3 rings (SSSR count). The van der Waals surface area contributed by atoms with Gasteiger partial charge in [-0.15, -0.1) is 11.8 Å². The molecule has 1 aliphatic rings. The molecular formula is C20H23NO5S2. The molecule has 0 aliphatic carbocycles. The summed E-state index contributed by atoms with van der Waals surface area (Å²) in [6, 6.07) is 8.59. The number of Topliss-reactive ketones (excluding diaryl/α,β-unsaturated/α-hetero) is 1. The highest BCUT2D eigenvalue weighted by molar-refractivity contribution is 7.98. The van der Waals surface area contributed by atoms with Crippen LogP contribution in [0.15, 0.2) is 35.2 Å². The molecular weight excluding hydrogens is 398 g/mol. The molecule has 1 aromatic carbocycles. The van der Waals surface area contributed by atoms with Gasteiger partial charge in [0.25, 0.3) is 0 Å². The van der Waals surface area contributed by atoms with E-state index in [1.807, 2.05) is 29.9 Å². The molecule has 0 unspecified atom stereocenters. The number of thioether (sulfide) groups is 1. The average Bonchev–Trinajstić information content (AvgIpc) is 3.17. The van der Waals surface area contributed by atoms with E-state index in [2.05, 4.69) is 0 Å². The molecule has 0 N–H and O–H groups in total. The number of nitrogens with zero attached hydrogens (tertiary/aromatic N) is 1. The van der Waals surface area contributed by atoms with Gasteiger partial charge < -0.3 is 9.30 Å². The Morgan fingerprint density at radius 2 is 1.89 bits per heavy atom. The zero-order valence-electron chi connectivity index (χ0n) is 16.1. The predicted octanol–water partition coefficient (Wildman–Crippen LogP) is 3.23. The predicted molar refractivity (Wildman–Crippen MR) is 109 cm³/mol. The van der Waals surface area contributed by atoms with Gasteiger partial charge in [-0.05, 0) is 56.9 Å². The fourth-order valence-corrected chi connectivity index (χ4v) is 5.73. The van der Waals surface area contributed by atoms with E-state index in [9.17, 15) is 18.0 Å². The van der Waals surface area contributed by atoms with E-state index < -0.39 is 15.8 Å². The van der Waals surface area contributed by atoms with Crippen molar-refractivity contribution in [2.75, 3.05) is 24.4 Å². The van der Waals surface area contributed by atoms with Crippen LogP contribution in [0.25, 0.3) is 0 Å². The molecule has 8 heteroatoms. The van der Waals surface area contributed by atoms with Crippen molar-refractivity contribution in [2.24, 2.45) is 0 Å². The maximum absolute atomic E-state index is 12.6. The standard InChI is InChI=1S/C20H23NO5S2/c1-13-10-18(14(2)21(13)16-8-9-28(24,25)12-16)19(22)11-26-20(23)15-4-6-17(27-3)7-5-15/h4-7,10,16H,8-9,11-12H2,1-3H3/t16-/m0/s1. The van der Waals surface area contributed by atoms with Gasteiger partial charge in [0.1, 0.15) is 0 Å². The summed E-state index contributed by atoms with van der Waals surface area (Å²) in [6.45, 7) is 3.30. The van der Waals surface area contributed by atoms with Gasteiger partial charge in [-0.25, -0.2) is 13.2 Å². The molecule has 28 heavy (non-hydrogen) atoms. The van der Waals surface area contributed by atoms with Crippen LogP contribution in [0.4, 0.5) is 0 Å². The normalized spacial score (nSPS) is 18.2. The molecule has 2 aromatic rings. The van der Waals surface area contributed by atoms with Crippen LogP contribution in [-0.2, 0) is 14.6 Å². The Labute approximate surface area is 169 Å². The number of hydrogen-bond donors (Lipinski definition) is 0. The second kappa shape index (κ2) is 8.13. The maximum atomic E-state index is 12.6. The first-order chi connectivity index (χ1) is 13.2. The van der Waals surface area contributed by atoms with E-state index in [0.717, 1.165) is 10.6 Å².